The average Bonchev–Trinajstić information content (AvgIpc) is 3.22. The molecule has 0 N–H and O–H groups in total. The average molecular weight is 592 g/mol. The zero-order valence-corrected chi connectivity index (χ0v) is 23.9. The Labute approximate surface area is 235 Å². The first-order valence-corrected chi connectivity index (χ1v) is 13.7. The van der Waals surface area contributed by atoms with E-state index in [-0.39, 0.29) is 16.8 Å². The van der Waals surface area contributed by atoms with Gasteiger partial charge in [0.05, 0.1) is 37.3 Å². The molecule has 0 saturated heterocycles. The SMILES string of the molecule is CCOc1cc(C2c3c(oc4ccc(Br)cc4c3=O)C(=O)N2c2ccc(OC)cc2)ccc1OCCC(C)C. The Morgan fingerprint density at radius 1 is 0.974 bits per heavy atom. The molecule has 5 rings (SSSR count). The van der Waals surface area contributed by atoms with E-state index in [1.54, 1.807) is 54.5 Å². The summed E-state index contributed by atoms with van der Waals surface area (Å²) in [7, 11) is 1.58. The highest BCUT2D eigenvalue weighted by Gasteiger charge is 2.44. The Morgan fingerprint density at radius 2 is 1.74 bits per heavy atom. The molecule has 0 bridgehead atoms. The van der Waals surface area contributed by atoms with Crippen molar-refractivity contribution in [3.05, 3.63) is 92.2 Å². The smallest absolute Gasteiger partial charge is 0.295 e. The van der Waals surface area contributed by atoms with Gasteiger partial charge < -0.3 is 18.6 Å². The molecule has 1 aromatic heterocycles. The molecular weight excluding hydrogens is 562 g/mol. The second kappa shape index (κ2) is 11.1. The number of methoxy groups -OCH3 is 1. The van der Waals surface area contributed by atoms with Crippen LogP contribution < -0.4 is 24.5 Å². The summed E-state index contributed by atoms with van der Waals surface area (Å²) in [6.07, 6.45) is 0.909. The number of carbonyl (C=O) groups is 1. The van der Waals surface area contributed by atoms with E-state index < -0.39 is 11.9 Å². The fourth-order valence-corrected chi connectivity index (χ4v) is 5.12. The van der Waals surface area contributed by atoms with Crippen molar-refractivity contribution in [2.45, 2.75) is 33.2 Å². The molecule has 1 atom stereocenters. The van der Waals surface area contributed by atoms with E-state index in [4.69, 9.17) is 18.6 Å². The van der Waals surface area contributed by atoms with Crippen molar-refractivity contribution in [3.8, 4) is 17.2 Å². The summed E-state index contributed by atoms with van der Waals surface area (Å²) in [4.78, 5) is 29.4. The first kappa shape index (κ1) is 26.8. The maximum absolute atomic E-state index is 13.9. The van der Waals surface area contributed by atoms with E-state index in [9.17, 15) is 9.59 Å². The lowest BCUT2D eigenvalue weighted by Crippen LogP contribution is -2.29. The number of halogens is 1. The molecule has 1 unspecified atom stereocenters. The topological polar surface area (TPSA) is 78.2 Å². The maximum atomic E-state index is 13.9. The Balaban J connectivity index is 1.68. The zero-order valence-electron chi connectivity index (χ0n) is 22.3. The van der Waals surface area contributed by atoms with Gasteiger partial charge in [-0.2, -0.15) is 0 Å². The molecule has 0 radical (unpaired) electrons. The van der Waals surface area contributed by atoms with Gasteiger partial charge in [-0.3, -0.25) is 14.5 Å². The molecule has 39 heavy (non-hydrogen) atoms. The number of fused-ring (bicyclic) bond motifs is 2. The van der Waals surface area contributed by atoms with Crippen molar-refractivity contribution in [1.29, 1.82) is 0 Å². The van der Waals surface area contributed by atoms with Crippen LogP contribution in [-0.4, -0.2) is 26.2 Å². The standard InChI is InChI=1S/C31H30BrNO6/c1-5-37-26-16-19(6-12-25(26)38-15-14-18(2)3)28-27-29(34)23-17-20(32)7-13-24(23)39-30(27)31(35)33(28)21-8-10-22(36-4)11-9-21/h6-13,16-18,28H,5,14-15H2,1-4H3. The third kappa shape index (κ3) is 5.13. The van der Waals surface area contributed by atoms with Crippen LogP contribution in [-0.2, 0) is 0 Å². The molecule has 0 fully saturated rings. The summed E-state index contributed by atoms with van der Waals surface area (Å²) < 4.78 is 24.1. The number of rotatable bonds is 9. The summed E-state index contributed by atoms with van der Waals surface area (Å²) in [6, 6.07) is 17.2. The highest BCUT2D eigenvalue weighted by atomic mass is 79.9. The quantitative estimate of drug-likeness (QED) is 0.206. The molecule has 1 amide bonds. The Bertz CT molecular complexity index is 1580. The molecule has 0 saturated carbocycles. The van der Waals surface area contributed by atoms with Crippen molar-refractivity contribution in [1.82, 2.24) is 0 Å². The monoisotopic (exact) mass is 591 g/mol. The van der Waals surface area contributed by atoms with E-state index in [0.717, 1.165) is 10.9 Å². The van der Waals surface area contributed by atoms with Crippen LogP contribution in [0.15, 0.2) is 74.3 Å². The normalized spacial score (nSPS) is 14.7. The number of benzene rings is 3. The number of ether oxygens (including phenoxy) is 3. The van der Waals surface area contributed by atoms with Gasteiger partial charge in [0.15, 0.2) is 16.9 Å². The molecule has 1 aliphatic rings. The summed E-state index contributed by atoms with van der Waals surface area (Å²) in [5.74, 6) is 1.99. The van der Waals surface area contributed by atoms with Gasteiger partial charge in [0.1, 0.15) is 11.3 Å². The van der Waals surface area contributed by atoms with Gasteiger partial charge in [-0.15, -0.1) is 0 Å². The molecule has 1 aliphatic heterocycles. The third-order valence-electron chi connectivity index (χ3n) is 6.72. The minimum absolute atomic E-state index is 0.0332. The number of nitrogens with zero attached hydrogens (tertiary/aromatic N) is 1. The summed E-state index contributed by atoms with van der Waals surface area (Å²) in [5.41, 5.74) is 1.71. The van der Waals surface area contributed by atoms with Gasteiger partial charge in [0.25, 0.3) is 5.91 Å². The second-order valence-electron chi connectivity index (χ2n) is 9.76. The molecule has 2 heterocycles. The second-order valence-corrected chi connectivity index (χ2v) is 10.7. The van der Waals surface area contributed by atoms with Crippen molar-refractivity contribution >= 4 is 38.5 Å². The van der Waals surface area contributed by atoms with E-state index in [2.05, 4.69) is 29.8 Å². The lowest BCUT2D eigenvalue weighted by Gasteiger charge is -2.26. The van der Waals surface area contributed by atoms with Gasteiger partial charge in [0.2, 0.25) is 5.76 Å². The Kier molecular flexibility index (Phi) is 7.66. The number of anilines is 1. The van der Waals surface area contributed by atoms with Crippen LogP contribution >= 0.6 is 15.9 Å². The van der Waals surface area contributed by atoms with Crippen LogP contribution in [0.3, 0.4) is 0 Å². The Morgan fingerprint density at radius 3 is 2.44 bits per heavy atom. The van der Waals surface area contributed by atoms with Crippen LogP contribution in [0.25, 0.3) is 11.0 Å². The van der Waals surface area contributed by atoms with Crippen LogP contribution in [0.2, 0.25) is 0 Å². The fraction of sp³-hybridized carbons (Fsp3) is 0.290. The zero-order chi connectivity index (χ0) is 27.7. The molecule has 0 spiro atoms. The van der Waals surface area contributed by atoms with Crippen LogP contribution in [0.5, 0.6) is 17.2 Å². The van der Waals surface area contributed by atoms with Crippen LogP contribution in [0, 0.1) is 5.92 Å². The highest BCUT2D eigenvalue weighted by molar-refractivity contribution is 9.10. The lowest BCUT2D eigenvalue weighted by molar-refractivity contribution is 0.0971. The highest BCUT2D eigenvalue weighted by Crippen LogP contribution is 2.43. The van der Waals surface area contributed by atoms with E-state index in [0.29, 0.717) is 58.6 Å². The van der Waals surface area contributed by atoms with Gasteiger partial charge in [-0.25, -0.2) is 0 Å². The maximum Gasteiger partial charge on any atom is 0.295 e. The summed E-state index contributed by atoms with van der Waals surface area (Å²) >= 11 is 3.45. The minimum atomic E-state index is -0.732. The number of amides is 1. The van der Waals surface area contributed by atoms with Crippen LogP contribution in [0.4, 0.5) is 5.69 Å². The van der Waals surface area contributed by atoms with Gasteiger partial charge in [-0.1, -0.05) is 35.8 Å². The predicted molar refractivity (Wildman–Crippen MR) is 154 cm³/mol. The molecule has 3 aromatic carbocycles. The van der Waals surface area contributed by atoms with E-state index in [1.165, 1.54) is 0 Å². The first-order valence-electron chi connectivity index (χ1n) is 13.0. The molecular formula is C31H30BrNO6. The third-order valence-corrected chi connectivity index (χ3v) is 7.21. The number of hydrogen-bond acceptors (Lipinski definition) is 6. The molecule has 8 heteroatoms. The van der Waals surface area contributed by atoms with Crippen molar-refractivity contribution in [2.24, 2.45) is 5.92 Å². The largest absolute Gasteiger partial charge is 0.497 e. The molecule has 4 aromatic rings. The van der Waals surface area contributed by atoms with E-state index >= 15 is 0 Å². The molecule has 202 valence electrons. The molecule has 7 nitrogen and oxygen atoms in total. The van der Waals surface area contributed by atoms with E-state index in [1.807, 2.05) is 25.1 Å². The lowest BCUT2D eigenvalue weighted by atomic mass is 9.97. The van der Waals surface area contributed by atoms with Gasteiger partial charge in [0, 0.05) is 10.2 Å². The van der Waals surface area contributed by atoms with Gasteiger partial charge in [-0.05, 0) is 79.4 Å². The predicted octanol–water partition coefficient (Wildman–Crippen LogP) is 7.14. The number of hydrogen-bond donors (Lipinski definition) is 0. The number of carbonyl (C=O) groups excluding carboxylic acids is 1. The Hall–Kier alpha value is -3.78. The van der Waals surface area contributed by atoms with Crippen molar-refractivity contribution < 1.29 is 23.4 Å². The first-order chi connectivity index (χ1) is 18.8. The van der Waals surface area contributed by atoms with Crippen molar-refractivity contribution in [3.63, 3.8) is 0 Å². The summed E-state index contributed by atoms with van der Waals surface area (Å²) in [6.45, 7) is 7.19. The minimum Gasteiger partial charge on any atom is -0.497 e. The van der Waals surface area contributed by atoms with Crippen LogP contribution in [0.1, 0.15) is 54.9 Å². The summed E-state index contributed by atoms with van der Waals surface area (Å²) in [5, 5.41) is 0.399. The fourth-order valence-electron chi connectivity index (χ4n) is 4.76. The van der Waals surface area contributed by atoms with Crippen molar-refractivity contribution in [2.75, 3.05) is 25.2 Å². The van der Waals surface area contributed by atoms with Gasteiger partial charge >= 0.3 is 0 Å². The molecule has 0 aliphatic carbocycles.